The van der Waals surface area contributed by atoms with Crippen LogP contribution in [0, 0.1) is 13.8 Å². The average molecular weight is 426 g/mol. The average Bonchev–Trinajstić information content (AvgIpc) is 3.14. The third kappa shape index (κ3) is 4.34. The fourth-order valence-corrected chi connectivity index (χ4v) is 5.71. The van der Waals surface area contributed by atoms with Crippen LogP contribution in [-0.2, 0) is 16.4 Å². The summed E-state index contributed by atoms with van der Waals surface area (Å²) in [6.07, 6.45) is 0.577. The van der Waals surface area contributed by atoms with Gasteiger partial charge in [-0.2, -0.15) is 0 Å². The number of rotatable bonds is 6. The predicted octanol–water partition coefficient (Wildman–Crippen LogP) is 4.23. The lowest BCUT2D eigenvalue weighted by Gasteiger charge is -2.09. The molecule has 9 heteroatoms. The molecule has 0 radical (unpaired) electrons. The Morgan fingerprint density at radius 3 is 2.62 bits per heavy atom. The molecule has 0 aliphatic heterocycles. The largest absolute Gasteiger partial charge is 0.246 e. The molecule has 0 bridgehead atoms. The summed E-state index contributed by atoms with van der Waals surface area (Å²) in [4.78, 5) is 11.5. The van der Waals surface area contributed by atoms with Gasteiger partial charge >= 0.3 is 0 Å². The zero-order valence-corrected chi connectivity index (χ0v) is 17.9. The van der Waals surface area contributed by atoms with Crippen molar-refractivity contribution in [2.24, 2.45) is 5.14 Å². The summed E-state index contributed by atoms with van der Waals surface area (Å²) in [6.45, 7) is 6.04. The van der Waals surface area contributed by atoms with Crippen molar-refractivity contribution < 1.29 is 8.42 Å². The van der Waals surface area contributed by atoms with Crippen LogP contribution in [0.3, 0.4) is 0 Å². The highest BCUT2D eigenvalue weighted by Crippen LogP contribution is 2.32. The number of aromatic nitrogens is 2. The SMILES string of the molecule is CCSc1ccc(S(N)(=O)=O)cc1Cc1nc(-c2sc(C)nc2C)cs1. The first-order chi connectivity index (χ1) is 12.3. The van der Waals surface area contributed by atoms with Gasteiger partial charge in [-0.1, -0.05) is 6.92 Å². The molecular weight excluding hydrogens is 406 g/mol. The van der Waals surface area contributed by atoms with Crippen molar-refractivity contribution >= 4 is 44.5 Å². The molecule has 0 unspecified atom stereocenters. The van der Waals surface area contributed by atoms with E-state index in [1.165, 1.54) is 0 Å². The van der Waals surface area contributed by atoms with E-state index in [0.717, 1.165) is 42.5 Å². The van der Waals surface area contributed by atoms with Gasteiger partial charge in [-0.05, 0) is 43.4 Å². The number of hydrogen-bond acceptors (Lipinski definition) is 7. The van der Waals surface area contributed by atoms with Crippen molar-refractivity contribution in [1.82, 2.24) is 9.97 Å². The Labute approximate surface area is 165 Å². The smallest absolute Gasteiger partial charge is 0.238 e. The molecule has 26 heavy (non-hydrogen) atoms. The molecule has 0 atom stereocenters. The lowest BCUT2D eigenvalue weighted by Crippen LogP contribution is -2.12. The van der Waals surface area contributed by atoms with Crippen LogP contribution >= 0.6 is 34.4 Å². The van der Waals surface area contributed by atoms with E-state index in [9.17, 15) is 8.42 Å². The Morgan fingerprint density at radius 1 is 1.23 bits per heavy atom. The molecule has 3 aromatic rings. The van der Waals surface area contributed by atoms with E-state index >= 15 is 0 Å². The minimum Gasteiger partial charge on any atom is -0.246 e. The topological polar surface area (TPSA) is 85.9 Å². The Morgan fingerprint density at radius 2 is 2.00 bits per heavy atom. The number of thioether (sulfide) groups is 1. The number of thiazole rings is 2. The quantitative estimate of drug-likeness (QED) is 0.597. The van der Waals surface area contributed by atoms with Crippen LogP contribution in [0.2, 0.25) is 0 Å². The fourth-order valence-electron chi connectivity index (χ4n) is 2.60. The highest BCUT2D eigenvalue weighted by Gasteiger charge is 2.15. The summed E-state index contributed by atoms with van der Waals surface area (Å²) in [6, 6.07) is 5.05. The van der Waals surface area contributed by atoms with Crippen LogP contribution in [-0.4, -0.2) is 24.1 Å². The molecule has 0 spiro atoms. The minimum absolute atomic E-state index is 0.138. The maximum atomic E-state index is 11.7. The Balaban J connectivity index is 1.94. The second kappa shape index (κ2) is 7.77. The molecular formula is C17H19N3O2S4. The lowest BCUT2D eigenvalue weighted by molar-refractivity contribution is 0.597. The van der Waals surface area contributed by atoms with Crippen molar-refractivity contribution in [3.05, 3.63) is 44.9 Å². The molecule has 0 saturated heterocycles. The number of nitrogens with zero attached hydrogens (tertiary/aromatic N) is 2. The molecule has 2 N–H and O–H groups in total. The number of sulfonamides is 1. The van der Waals surface area contributed by atoms with Gasteiger partial charge in [0.1, 0.15) is 0 Å². The van der Waals surface area contributed by atoms with E-state index in [2.05, 4.69) is 11.9 Å². The Bertz CT molecular complexity index is 1040. The van der Waals surface area contributed by atoms with Crippen LogP contribution in [0.25, 0.3) is 10.6 Å². The molecule has 1 aromatic carbocycles. The molecule has 138 valence electrons. The van der Waals surface area contributed by atoms with Gasteiger partial charge in [-0.25, -0.2) is 23.5 Å². The number of benzene rings is 1. The Kier molecular flexibility index (Phi) is 5.83. The zero-order valence-electron chi connectivity index (χ0n) is 14.6. The van der Waals surface area contributed by atoms with Gasteiger partial charge in [0.05, 0.1) is 31.2 Å². The minimum atomic E-state index is -3.72. The first-order valence-corrected chi connectivity index (χ1v) is 12.2. The number of nitrogens with two attached hydrogens (primary N) is 1. The van der Waals surface area contributed by atoms with Gasteiger partial charge in [0.2, 0.25) is 10.0 Å². The summed E-state index contributed by atoms with van der Waals surface area (Å²) in [5.74, 6) is 0.907. The van der Waals surface area contributed by atoms with Crippen LogP contribution < -0.4 is 5.14 Å². The van der Waals surface area contributed by atoms with Crippen molar-refractivity contribution in [3.63, 3.8) is 0 Å². The second-order valence-electron chi connectivity index (χ2n) is 5.70. The van der Waals surface area contributed by atoms with E-state index < -0.39 is 10.0 Å². The molecule has 0 amide bonds. The summed E-state index contributed by atoms with van der Waals surface area (Å²) in [5.41, 5.74) is 2.85. The summed E-state index contributed by atoms with van der Waals surface area (Å²) >= 11 is 4.90. The standard InChI is InChI=1S/C17H19N3O2S4/c1-4-23-15-6-5-13(26(18,21)22)7-12(15)8-16-20-14(9-24-16)17-10(2)19-11(3)25-17/h5-7,9H,4,8H2,1-3H3,(H2,18,21,22). The van der Waals surface area contributed by atoms with E-state index in [1.807, 2.05) is 25.3 Å². The normalized spacial score (nSPS) is 11.8. The molecule has 2 aromatic heterocycles. The van der Waals surface area contributed by atoms with Gasteiger partial charge in [0, 0.05) is 16.7 Å². The molecule has 2 heterocycles. The summed E-state index contributed by atoms with van der Waals surface area (Å²) in [5, 5.41) is 9.28. The molecule has 0 fully saturated rings. The van der Waals surface area contributed by atoms with Crippen molar-refractivity contribution in [1.29, 1.82) is 0 Å². The third-order valence-electron chi connectivity index (χ3n) is 3.69. The molecule has 0 aliphatic carbocycles. The van der Waals surface area contributed by atoms with Crippen molar-refractivity contribution in [2.75, 3.05) is 5.75 Å². The second-order valence-corrected chi connectivity index (χ2v) is 10.7. The zero-order chi connectivity index (χ0) is 18.9. The summed E-state index contributed by atoms with van der Waals surface area (Å²) in [7, 11) is -3.72. The van der Waals surface area contributed by atoms with Gasteiger partial charge in [-0.15, -0.1) is 34.4 Å². The maximum absolute atomic E-state index is 11.7. The predicted molar refractivity (Wildman–Crippen MR) is 110 cm³/mol. The van der Waals surface area contributed by atoms with Crippen LogP contribution in [0.5, 0.6) is 0 Å². The van der Waals surface area contributed by atoms with E-state index in [-0.39, 0.29) is 4.90 Å². The maximum Gasteiger partial charge on any atom is 0.238 e. The van der Waals surface area contributed by atoms with E-state index in [1.54, 1.807) is 46.6 Å². The number of hydrogen-bond donors (Lipinski definition) is 1. The van der Waals surface area contributed by atoms with Crippen molar-refractivity contribution in [2.45, 2.75) is 37.0 Å². The Hall–Kier alpha value is -1.26. The monoisotopic (exact) mass is 425 g/mol. The van der Waals surface area contributed by atoms with Crippen LogP contribution in [0.4, 0.5) is 0 Å². The lowest BCUT2D eigenvalue weighted by atomic mass is 10.1. The highest BCUT2D eigenvalue weighted by molar-refractivity contribution is 7.99. The van der Waals surface area contributed by atoms with Crippen LogP contribution in [0.1, 0.15) is 28.2 Å². The number of primary sulfonamides is 1. The van der Waals surface area contributed by atoms with Gasteiger partial charge < -0.3 is 0 Å². The molecule has 5 nitrogen and oxygen atoms in total. The first-order valence-electron chi connectivity index (χ1n) is 7.95. The first kappa shape index (κ1) is 19.5. The van der Waals surface area contributed by atoms with Crippen molar-refractivity contribution in [3.8, 4) is 10.6 Å². The van der Waals surface area contributed by atoms with Gasteiger partial charge in [-0.3, -0.25) is 0 Å². The van der Waals surface area contributed by atoms with E-state index in [4.69, 9.17) is 10.1 Å². The summed E-state index contributed by atoms with van der Waals surface area (Å²) < 4.78 is 23.4. The van der Waals surface area contributed by atoms with E-state index in [0.29, 0.717) is 6.42 Å². The molecule has 0 aliphatic rings. The van der Waals surface area contributed by atoms with Gasteiger partial charge in [0.25, 0.3) is 0 Å². The molecule has 0 saturated carbocycles. The number of aryl methyl sites for hydroxylation is 2. The van der Waals surface area contributed by atoms with Crippen LogP contribution in [0.15, 0.2) is 33.4 Å². The third-order valence-corrected chi connectivity index (χ3v) is 7.54. The molecule has 3 rings (SSSR count). The fraction of sp³-hybridized carbons (Fsp3) is 0.294. The highest BCUT2D eigenvalue weighted by atomic mass is 32.2. The van der Waals surface area contributed by atoms with Gasteiger partial charge in [0.15, 0.2) is 0 Å².